The standard InChI is InChI=1S/C22H31N5O3/c1-13-10-14(2)17(15(3)11-13)12-18-19(23-5)21(27-20(18)24-16(4)25-27)30-22(28)26-6-8-29-9-7-26/h13-15,17H,6-12H2,1-4H3,(H,24,25). The van der Waals surface area contributed by atoms with Crippen molar-refractivity contribution < 1.29 is 14.3 Å². The minimum absolute atomic E-state index is 0.223. The molecule has 4 rings (SSSR count). The Morgan fingerprint density at radius 2 is 1.93 bits per heavy atom. The first-order chi connectivity index (χ1) is 14.4. The van der Waals surface area contributed by atoms with E-state index in [0.717, 1.165) is 29.4 Å². The number of morpholine rings is 1. The molecule has 0 bridgehead atoms. The molecule has 1 aliphatic carbocycles. The van der Waals surface area contributed by atoms with Crippen molar-refractivity contribution in [1.82, 2.24) is 19.5 Å². The summed E-state index contributed by atoms with van der Waals surface area (Å²) < 4.78 is 12.6. The molecule has 1 N–H and O–H groups in total. The fourth-order valence-corrected chi connectivity index (χ4v) is 5.35. The highest BCUT2D eigenvalue weighted by Gasteiger charge is 2.35. The molecule has 1 amide bonds. The number of ether oxygens (including phenoxy) is 2. The molecule has 2 aromatic rings. The van der Waals surface area contributed by atoms with E-state index in [1.165, 1.54) is 12.8 Å². The minimum Gasteiger partial charge on any atom is -0.402 e. The predicted molar refractivity (Wildman–Crippen MR) is 113 cm³/mol. The molecular weight excluding hydrogens is 382 g/mol. The number of nitrogens with zero attached hydrogens (tertiary/aromatic N) is 4. The van der Waals surface area contributed by atoms with Gasteiger partial charge in [0.25, 0.3) is 5.69 Å². The molecule has 1 aliphatic heterocycles. The van der Waals surface area contributed by atoms with Crippen molar-refractivity contribution in [2.75, 3.05) is 26.3 Å². The van der Waals surface area contributed by atoms with E-state index < -0.39 is 6.09 Å². The number of aromatic nitrogens is 3. The van der Waals surface area contributed by atoms with E-state index in [2.05, 4.69) is 35.7 Å². The maximum atomic E-state index is 12.7. The highest BCUT2D eigenvalue weighted by molar-refractivity contribution is 5.79. The summed E-state index contributed by atoms with van der Waals surface area (Å²) in [5.74, 6) is 3.34. The molecule has 8 heteroatoms. The third-order valence-electron chi connectivity index (χ3n) is 6.74. The summed E-state index contributed by atoms with van der Waals surface area (Å²) in [5.41, 5.74) is 2.07. The van der Waals surface area contributed by atoms with Crippen molar-refractivity contribution in [3.8, 4) is 5.88 Å². The average molecular weight is 414 g/mol. The lowest BCUT2D eigenvalue weighted by Crippen LogP contribution is -2.42. The number of hydrogen-bond donors (Lipinski definition) is 1. The Morgan fingerprint density at radius 3 is 2.57 bits per heavy atom. The first-order valence-electron chi connectivity index (χ1n) is 10.9. The van der Waals surface area contributed by atoms with Crippen molar-refractivity contribution in [2.45, 2.75) is 47.0 Å². The van der Waals surface area contributed by atoms with Gasteiger partial charge in [-0.25, -0.2) is 9.64 Å². The molecule has 2 fully saturated rings. The summed E-state index contributed by atoms with van der Waals surface area (Å²) in [6.07, 6.45) is 2.75. The van der Waals surface area contributed by atoms with Crippen molar-refractivity contribution in [3.05, 3.63) is 22.8 Å². The molecule has 30 heavy (non-hydrogen) atoms. The van der Waals surface area contributed by atoms with Crippen LogP contribution in [0.1, 0.15) is 45.0 Å². The summed E-state index contributed by atoms with van der Waals surface area (Å²) in [4.78, 5) is 21.4. The summed E-state index contributed by atoms with van der Waals surface area (Å²) in [6, 6.07) is 0. The van der Waals surface area contributed by atoms with Gasteiger partial charge in [0.1, 0.15) is 11.5 Å². The van der Waals surface area contributed by atoms with Gasteiger partial charge < -0.3 is 19.4 Å². The van der Waals surface area contributed by atoms with Gasteiger partial charge >= 0.3 is 6.09 Å². The van der Waals surface area contributed by atoms with E-state index in [4.69, 9.17) is 16.0 Å². The van der Waals surface area contributed by atoms with Crippen LogP contribution in [0.25, 0.3) is 10.5 Å². The van der Waals surface area contributed by atoms with Crippen LogP contribution in [0.2, 0.25) is 0 Å². The van der Waals surface area contributed by atoms with Crippen LogP contribution in [0.4, 0.5) is 10.5 Å². The molecule has 162 valence electrons. The number of carbonyl (C=O) groups is 1. The van der Waals surface area contributed by atoms with Gasteiger partial charge in [0.2, 0.25) is 5.88 Å². The molecule has 2 aromatic heterocycles. The Balaban J connectivity index is 1.68. The summed E-state index contributed by atoms with van der Waals surface area (Å²) >= 11 is 0. The minimum atomic E-state index is -0.456. The Morgan fingerprint density at radius 1 is 1.27 bits per heavy atom. The molecule has 3 heterocycles. The number of fused-ring (bicyclic) bond motifs is 1. The fraction of sp³-hybridized carbons (Fsp3) is 0.682. The maximum absolute atomic E-state index is 12.7. The smallest absolute Gasteiger partial charge is 0.402 e. The van der Waals surface area contributed by atoms with Gasteiger partial charge in [0, 0.05) is 18.7 Å². The first kappa shape index (κ1) is 20.7. The first-order valence-corrected chi connectivity index (χ1v) is 10.9. The second kappa shape index (κ2) is 8.31. The van der Waals surface area contributed by atoms with Crippen LogP contribution in [0.15, 0.2) is 0 Å². The highest BCUT2D eigenvalue weighted by atomic mass is 16.6. The van der Waals surface area contributed by atoms with Crippen LogP contribution in [0.5, 0.6) is 5.88 Å². The topological polar surface area (TPSA) is 76.2 Å². The second-order valence-corrected chi connectivity index (χ2v) is 9.08. The average Bonchev–Trinajstić information content (AvgIpc) is 3.21. The third-order valence-corrected chi connectivity index (χ3v) is 6.74. The summed E-state index contributed by atoms with van der Waals surface area (Å²) in [6.45, 7) is 18.6. The molecule has 1 saturated heterocycles. The van der Waals surface area contributed by atoms with Crippen molar-refractivity contribution in [1.29, 1.82) is 0 Å². The number of rotatable bonds is 3. The fourth-order valence-electron chi connectivity index (χ4n) is 5.35. The van der Waals surface area contributed by atoms with Gasteiger partial charge in [-0.3, -0.25) is 0 Å². The zero-order valence-corrected chi connectivity index (χ0v) is 18.3. The van der Waals surface area contributed by atoms with Crippen molar-refractivity contribution >= 4 is 17.4 Å². The summed E-state index contributed by atoms with van der Waals surface area (Å²) in [7, 11) is 0. The van der Waals surface area contributed by atoms with E-state index in [0.29, 0.717) is 49.7 Å². The molecule has 2 unspecified atom stereocenters. The van der Waals surface area contributed by atoms with Gasteiger partial charge in [-0.1, -0.05) is 20.8 Å². The second-order valence-electron chi connectivity index (χ2n) is 9.08. The monoisotopic (exact) mass is 413 g/mol. The van der Waals surface area contributed by atoms with Gasteiger partial charge in [-0.2, -0.15) is 9.61 Å². The number of H-pyrrole nitrogens is 1. The number of hydrogen-bond acceptors (Lipinski definition) is 4. The molecule has 2 aliphatic rings. The van der Waals surface area contributed by atoms with Crippen molar-refractivity contribution in [3.63, 3.8) is 0 Å². The predicted octanol–water partition coefficient (Wildman–Crippen LogP) is 4.21. The van der Waals surface area contributed by atoms with Crippen LogP contribution < -0.4 is 4.74 Å². The normalized spacial score (nSPS) is 27.2. The van der Waals surface area contributed by atoms with Crippen molar-refractivity contribution in [2.24, 2.45) is 23.7 Å². The number of nitrogens with one attached hydrogen (secondary N) is 1. The molecule has 8 nitrogen and oxygen atoms in total. The SMILES string of the molecule is [C-]#[N+]c1c(CC2C(C)CC(C)CC2C)c2[nH]c(C)nn2c1OC(=O)N1CCOCC1. The van der Waals surface area contributed by atoms with E-state index in [1.807, 2.05) is 6.92 Å². The van der Waals surface area contributed by atoms with E-state index in [9.17, 15) is 4.79 Å². The van der Waals surface area contributed by atoms with Crippen LogP contribution >= 0.6 is 0 Å². The lowest BCUT2D eigenvalue weighted by molar-refractivity contribution is 0.0411. The van der Waals surface area contributed by atoms with Crippen LogP contribution in [-0.2, 0) is 11.2 Å². The van der Waals surface area contributed by atoms with Gasteiger partial charge in [-0.15, -0.1) is 0 Å². The quantitative estimate of drug-likeness (QED) is 0.765. The molecule has 2 atom stereocenters. The largest absolute Gasteiger partial charge is 0.415 e. The van der Waals surface area contributed by atoms with Gasteiger partial charge in [0.15, 0.2) is 0 Å². The lowest BCUT2D eigenvalue weighted by Gasteiger charge is -2.38. The summed E-state index contributed by atoms with van der Waals surface area (Å²) in [5, 5.41) is 4.48. The number of aromatic amines is 1. The number of carbonyl (C=O) groups excluding carboxylic acids is 1. The van der Waals surface area contributed by atoms with Crippen LogP contribution in [0.3, 0.4) is 0 Å². The number of aryl methyl sites for hydroxylation is 1. The van der Waals surface area contributed by atoms with Crippen LogP contribution in [-0.4, -0.2) is 51.9 Å². The van der Waals surface area contributed by atoms with E-state index in [1.54, 1.807) is 9.42 Å². The van der Waals surface area contributed by atoms with E-state index >= 15 is 0 Å². The number of amides is 1. The molecular formula is C22H31N5O3. The molecule has 0 radical (unpaired) electrons. The van der Waals surface area contributed by atoms with Gasteiger partial charge in [0.05, 0.1) is 19.8 Å². The molecule has 0 spiro atoms. The zero-order chi connectivity index (χ0) is 21.4. The Kier molecular flexibility index (Phi) is 5.74. The van der Waals surface area contributed by atoms with Gasteiger partial charge in [-0.05, 0) is 49.9 Å². The Bertz CT molecular complexity index is 954. The Labute approximate surface area is 177 Å². The lowest BCUT2D eigenvalue weighted by atomic mass is 9.67. The zero-order valence-electron chi connectivity index (χ0n) is 18.3. The third kappa shape index (κ3) is 3.79. The molecule has 1 saturated carbocycles. The Hall–Kier alpha value is -2.53. The van der Waals surface area contributed by atoms with Crippen LogP contribution in [0, 0.1) is 37.2 Å². The van der Waals surface area contributed by atoms with E-state index in [-0.39, 0.29) is 5.88 Å². The molecule has 0 aromatic carbocycles. The highest BCUT2D eigenvalue weighted by Crippen LogP contribution is 2.44. The maximum Gasteiger partial charge on any atom is 0.415 e.